The first-order chi connectivity index (χ1) is 34.3. The lowest BCUT2D eigenvalue weighted by Crippen LogP contribution is -2.42. The summed E-state index contributed by atoms with van der Waals surface area (Å²) in [5.41, 5.74) is 5.71. The van der Waals surface area contributed by atoms with Gasteiger partial charge >= 0.3 is 0 Å². The molecule has 4 unspecified atom stereocenters. The van der Waals surface area contributed by atoms with Crippen LogP contribution in [0.3, 0.4) is 0 Å². The Hall–Kier alpha value is -5.50. The van der Waals surface area contributed by atoms with Crippen molar-refractivity contribution in [3.8, 4) is 11.5 Å². The van der Waals surface area contributed by atoms with Crippen LogP contribution in [0.5, 0.6) is 11.5 Å². The zero-order chi connectivity index (χ0) is 50.3. The molecule has 1 saturated heterocycles. The van der Waals surface area contributed by atoms with Crippen LogP contribution >= 0.6 is 0 Å². The number of ether oxygens (including phenoxy) is 7. The molecule has 0 radical (unpaired) electrons. The van der Waals surface area contributed by atoms with Gasteiger partial charge in [0.05, 0.1) is 75.0 Å². The minimum absolute atomic E-state index is 0.0415. The molecule has 4 atom stereocenters. The van der Waals surface area contributed by atoms with E-state index in [-0.39, 0.29) is 18.1 Å². The largest absolute Gasteiger partial charge is 0.497 e. The second-order valence-electron chi connectivity index (χ2n) is 20.1. The summed E-state index contributed by atoms with van der Waals surface area (Å²) in [6.45, 7) is 20.4. The summed E-state index contributed by atoms with van der Waals surface area (Å²) in [4.78, 5) is 15.8. The van der Waals surface area contributed by atoms with Gasteiger partial charge in [0.2, 0.25) is 0 Å². The molecule has 0 aliphatic carbocycles. The summed E-state index contributed by atoms with van der Waals surface area (Å²) in [5, 5.41) is 3.58. The smallest absolute Gasteiger partial charge is 0.138 e. The topological polar surface area (TPSA) is 121 Å². The standard InChI is InChI=1S/C59H79N5O7/c1-10-14-47(22-18-44(3)65-8)59(48-15-12-11-13-16-48,49-23-28-51(66-9)29-24-49)70-36-32-57(4,5)71-42-58(6,7)69-40-39-68-52-26-20-45(21-27-52)55-60-33-31-46(19-17-43(2)61-55)56-62-53-30-25-50(41-54(53)63-56)64-34-37-67-38-35-64/h11-13,15-17,19-21,23-31,41,43-44,47H,10,14,18,22,32-40,42H2,1-9H3,(H,60,61)(H,62,63)/b19-17-,46-31+. The van der Waals surface area contributed by atoms with Gasteiger partial charge in [-0.05, 0) is 139 Å². The summed E-state index contributed by atoms with van der Waals surface area (Å²) in [5.74, 6) is 3.45. The summed E-state index contributed by atoms with van der Waals surface area (Å²) in [6, 6.07) is 33.6. The zero-order valence-corrected chi connectivity index (χ0v) is 43.8. The fourth-order valence-electron chi connectivity index (χ4n) is 9.39. The molecule has 0 saturated carbocycles. The predicted molar refractivity (Wildman–Crippen MR) is 287 cm³/mol. The van der Waals surface area contributed by atoms with Crippen LogP contribution in [0.15, 0.2) is 120 Å². The highest BCUT2D eigenvalue weighted by molar-refractivity contribution is 5.99. The lowest BCUT2D eigenvalue weighted by molar-refractivity contribution is -0.139. The number of H-pyrrole nitrogens is 1. The van der Waals surface area contributed by atoms with Crippen molar-refractivity contribution >= 4 is 28.1 Å². The number of hydrogen-bond acceptors (Lipinski definition) is 11. The summed E-state index contributed by atoms with van der Waals surface area (Å²) in [7, 11) is 3.49. The Bertz CT molecular complexity index is 2500. The van der Waals surface area contributed by atoms with E-state index in [1.807, 2.05) is 36.4 Å². The molecular formula is C59H79N5O7. The van der Waals surface area contributed by atoms with Gasteiger partial charge in [-0.3, -0.25) is 4.99 Å². The number of aromatic amines is 1. The zero-order valence-electron chi connectivity index (χ0n) is 43.8. The van der Waals surface area contributed by atoms with E-state index in [0.717, 1.165) is 108 Å². The van der Waals surface area contributed by atoms with Gasteiger partial charge in [-0.1, -0.05) is 74.0 Å². The van der Waals surface area contributed by atoms with Crippen molar-refractivity contribution in [3.05, 3.63) is 138 Å². The van der Waals surface area contributed by atoms with E-state index >= 15 is 0 Å². The number of hydrogen-bond donors (Lipinski definition) is 2. The van der Waals surface area contributed by atoms with Crippen molar-refractivity contribution in [2.24, 2.45) is 10.9 Å². The van der Waals surface area contributed by atoms with Crippen molar-refractivity contribution in [1.29, 1.82) is 0 Å². The molecule has 382 valence electrons. The van der Waals surface area contributed by atoms with Gasteiger partial charge in [0.1, 0.15) is 35.4 Å². The highest BCUT2D eigenvalue weighted by Crippen LogP contribution is 2.46. The Balaban J connectivity index is 0.910. The number of aliphatic imine (C=N–C) groups is 1. The minimum Gasteiger partial charge on any atom is -0.497 e. The van der Waals surface area contributed by atoms with Gasteiger partial charge in [0.25, 0.3) is 0 Å². The van der Waals surface area contributed by atoms with Gasteiger partial charge in [-0.2, -0.15) is 0 Å². The predicted octanol–water partition coefficient (Wildman–Crippen LogP) is 11.3. The highest BCUT2D eigenvalue weighted by Gasteiger charge is 2.43. The molecule has 12 nitrogen and oxygen atoms in total. The molecule has 7 rings (SSSR count). The third-order valence-electron chi connectivity index (χ3n) is 13.7. The number of amidine groups is 1. The Kier molecular flexibility index (Phi) is 19.0. The van der Waals surface area contributed by atoms with Crippen molar-refractivity contribution < 1.29 is 33.2 Å². The Labute approximate surface area is 423 Å². The monoisotopic (exact) mass is 970 g/mol. The second kappa shape index (κ2) is 25.2. The lowest BCUT2D eigenvalue weighted by Gasteiger charge is -2.43. The fourth-order valence-corrected chi connectivity index (χ4v) is 9.39. The molecule has 3 heterocycles. The molecule has 0 bridgehead atoms. The Morgan fingerprint density at radius 1 is 0.789 bits per heavy atom. The van der Waals surface area contributed by atoms with E-state index in [9.17, 15) is 0 Å². The molecule has 71 heavy (non-hydrogen) atoms. The number of imidazole rings is 1. The molecule has 2 aliphatic rings. The average molecular weight is 970 g/mol. The summed E-state index contributed by atoms with van der Waals surface area (Å²) >= 11 is 0. The highest BCUT2D eigenvalue weighted by atomic mass is 16.6. The van der Waals surface area contributed by atoms with Crippen LogP contribution in [0.4, 0.5) is 5.69 Å². The maximum atomic E-state index is 7.32. The first-order valence-electron chi connectivity index (χ1n) is 25.7. The molecule has 1 aromatic heterocycles. The van der Waals surface area contributed by atoms with E-state index in [1.54, 1.807) is 14.2 Å². The summed E-state index contributed by atoms with van der Waals surface area (Å²) in [6.07, 6.45) is 11.2. The Morgan fingerprint density at radius 3 is 2.24 bits per heavy atom. The molecule has 2 N–H and O–H groups in total. The molecule has 12 heteroatoms. The summed E-state index contributed by atoms with van der Waals surface area (Å²) < 4.78 is 43.3. The van der Waals surface area contributed by atoms with Crippen molar-refractivity contribution in [2.45, 2.75) is 110 Å². The van der Waals surface area contributed by atoms with Gasteiger partial charge < -0.3 is 48.4 Å². The molecule has 5 aromatic rings. The van der Waals surface area contributed by atoms with Gasteiger partial charge in [0, 0.05) is 43.1 Å². The third kappa shape index (κ3) is 14.6. The van der Waals surface area contributed by atoms with Gasteiger partial charge in [-0.25, -0.2) is 4.98 Å². The van der Waals surface area contributed by atoms with Crippen LogP contribution in [0.25, 0.3) is 16.6 Å². The van der Waals surface area contributed by atoms with Crippen LogP contribution in [-0.4, -0.2) is 113 Å². The lowest BCUT2D eigenvalue weighted by atomic mass is 9.71. The van der Waals surface area contributed by atoms with E-state index in [4.69, 9.17) is 43.1 Å². The average Bonchev–Trinajstić information content (AvgIpc) is 3.85. The normalized spacial score (nSPS) is 18.7. The Morgan fingerprint density at radius 2 is 1.52 bits per heavy atom. The number of nitrogens with zero attached hydrogens (tertiary/aromatic N) is 3. The van der Waals surface area contributed by atoms with Crippen LogP contribution < -0.4 is 19.7 Å². The molecule has 0 spiro atoms. The number of nitrogens with one attached hydrogen (secondary N) is 2. The molecular weight excluding hydrogens is 891 g/mol. The number of morpholine rings is 1. The van der Waals surface area contributed by atoms with Crippen LogP contribution in [0.2, 0.25) is 0 Å². The molecule has 0 amide bonds. The number of benzene rings is 4. The van der Waals surface area contributed by atoms with Crippen LogP contribution in [0.1, 0.15) is 103 Å². The quantitative estimate of drug-likeness (QED) is 0.0547. The fraction of sp³-hybridized carbons (Fsp3) is 0.492. The van der Waals surface area contributed by atoms with Gasteiger partial charge in [-0.15, -0.1) is 0 Å². The molecule has 4 aromatic carbocycles. The maximum absolute atomic E-state index is 7.32. The maximum Gasteiger partial charge on any atom is 0.138 e. The van der Waals surface area contributed by atoms with Crippen LogP contribution in [0, 0.1) is 5.92 Å². The number of fused-ring (bicyclic) bond motifs is 1. The van der Waals surface area contributed by atoms with E-state index < -0.39 is 16.8 Å². The first-order valence-corrected chi connectivity index (χ1v) is 25.7. The molecule has 1 fully saturated rings. The number of anilines is 1. The second-order valence-corrected chi connectivity index (χ2v) is 20.1. The van der Waals surface area contributed by atoms with E-state index in [1.165, 1.54) is 5.69 Å². The first kappa shape index (κ1) is 53.3. The number of rotatable bonds is 25. The van der Waals surface area contributed by atoms with Crippen molar-refractivity contribution in [2.75, 3.05) is 78.4 Å². The van der Waals surface area contributed by atoms with Crippen LogP contribution in [-0.2, 0) is 29.3 Å². The minimum atomic E-state index is -0.680. The van der Waals surface area contributed by atoms with Crippen molar-refractivity contribution in [1.82, 2.24) is 15.3 Å². The van der Waals surface area contributed by atoms with E-state index in [0.29, 0.717) is 39.4 Å². The third-order valence-corrected chi connectivity index (χ3v) is 13.7. The number of methoxy groups -OCH3 is 2. The van der Waals surface area contributed by atoms with Crippen molar-refractivity contribution in [3.63, 3.8) is 0 Å². The number of aromatic nitrogens is 2. The SMILES string of the molecule is CCCC(CCC(C)OC)C(OCCC(C)(C)OCC(C)(C)OCCOc1ccc(C2=NC/C=C(c3nc4ccc(N5CCOCC5)cc4[nH]3)\C=C/C(C)N2)cc1)(c1ccccc1)c1ccc(OC)cc1. The number of allylic oxidation sites excluding steroid dienone is 2. The molecule has 2 aliphatic heterocycles. The van der Waals surface area contributed by atoms with Gasteiger partial charge in [0.15, 0.2) is 0 Å². The van der Waals surface area contributed by atoms with E-state index in [2.05, 4.69) is 143 Å².